The Labute approximate surface area is 129 Å². The first-order chi connectivity index (χ1) is 9.78. The van der Waals surface area contributed by atoms with Crippen LogP contribution in [0.4, 0.5) is 0 Å². The van der Waals surface area contributed by atoms with Crippen LogP contribution in [0.2, 0.25) is 5.02 Å². The monoisotopic (exact) mass is 347 g/mol. The zero-order valence-electron chi connectivity index (χ0n) is 10.4. The van der Waals surface area contributed by atoms with Crippen LogP contribution in [-0.2, 0) is 14.4 Å². The van der Waals surface area contributed by atoms with Crippen LogP contribution in [-0.4, -0.2) is 25.9 Å². The first-order valence-corrected chi connectivity index (χ1v) is 8.28. The molecule has 112 valence electrons. The molecule has 0 saturated heterocycles. The molecule has 1 aromatic carbocycles. The maximum absolute atomic E-state index is 12.0. The fourth-order valence-corrected chi connectivity index (χ4v) is 3.69. The van der Waals surface area contributed by atoms with Crippen molar-refractivity contribution in [2.24, 2.45) is 5.73 Å². The van der Waals surface area contributed by atoms with E-state index in [1.165, 1.54) is 0 Å². The standard InChI is InChI=1S/C11H10ClN3O4S2/c12-7-2-1-3-9-6(7)4-10(20-9)8(16)5-21(17,18)19-15-11(13)14/h1-4H,5H2,(H4,13,14,15). The largest absolute Gasteiger partial charge is 0.368 e. The van der Waals surface area contributed by atoms with E-state index in [1.807, 2.05) is 0 Å². The van der Waals surface area contributed by atoms with Crippen LogP contribution in [0, 0.1) is 5.41 Å². The second-order valence-electron chi connectivity index (χ2n) is 3.99. The number of ketones is 1. The summed E-state index contributed by atoms with van der Waals surface area (Å²) in [5.74, 6) is -2.17. The number of hydroxylamine groups is 1. The van der Waals surface area contributed by atoms with E-state index in [2.05, 4.69) is 4.28 Å². The van der Waals surface area contributed by atoms with Gasteiger partial charge in [-0.05, 0) is 18.2 Å². The number of hydrogen-bond donors (Lipinski definition) is 3. The number of rotatable bonds is 5. The SMILES string of the molecule is N=C(N)NOS(=O)(=O)CC(=O)c1cc2c(Cl)cccc2s1. The van der Waals surface area contributed by atoms with Crippen molar-refractivity contribution in [3.63, 3.8) is 0 Å². The molecular formula is C11H10ClN3O4S2. The van der Waals surface area contributed by atoms with Crippen LogP contribution in [0.3, 0.4) is 0 Å². The predicted octanol–water partition coefficient (Wildman–Crippen LogP) is 1.48. The van der Waals surface area contributed by atoms with Gasteiger partial charge >= 0.3 is 0 Å². The average molecular weight is 348 g/mol. The molecule has 2 aromatic rings. The molecule has 0 spiro atoms. The molecule has 0 unspecified atom stereocenters. The summed E-state index contributed by atoms with van der Waals surface area (Å²) in [6, 6.07) is 6.75. The van der Waals surface area contributed by atoms with E-state index in [9.17, 15) is 13.2 Å². The van der Waals surface area contributed by atoms with Crippen LogP contribution < -0.4 is 11.2 Å². The number of Topliss-reactive ketones (excluding diaryl/α,β-unsaturated/α-hetero) is 1. The van der Waals surface area contributed by atoms with Crippen molar-refractivity contribution in [2.45, 2.75) is 0 Å². The first kappa shape index (κ1) is 15.7. The zero-order chi connectivity index (χ0) is 15.6. The second kappa shape index (κ2) is 5.98. The number of benzene rings is 1. The van der Waals surface area contributed by atoms with Crippen molar-refractivity contribution in [3.05, 3.63) is 34.2 Å². The average Bonchev–Trinajstić information content (AvgIpc) is 2.82. The smallest absolute Gasteiger partial charge is 0.295 e. The second-order valence-corrected chi connectivity index (χ2v) is 7.05. The van der Waals surface area contributed by atoms with Crippen molar-refractivity contribution in [2.75, 3.05) is 5.75 Å². The van der Waals surface area contributed by atoms with Crippen molar-refractivity contribution in [1.82, 2.24) is 5.48 Å². The molecule has 0 aliphatic heterocycles. The minimum atomic E-state index is -4.18. The van der Waals surface area contributed by atoms with E-state index >= 15 is 0 Å². The topological polar surface area (TPSA) is 122 Å². The Morgan fingerprint density at radius 2 is 2.19 bits per heavy atom. The minimum absolute atomic E-state index is 0.258. The van der Waals surface area contributed by atoms with Crippen molar-refractivity contribution in [1.29, 1.82) is 5.41 Å². The van der Waals surface area contributed by atoms with Gasteiger partial charge < -0.3 is 5.73 Å². The number of hydrogen-bond acceptors (Lipinski definition) is 6. The third-order valence-electron chi connectivity index (χ3n) is 2.37. The molecule has 0 atom stereocenters. The third-order valence-corrected chi connectivity index (χ3v) is 4.79. The summed E-state index contributed by atoms with van der Waals surface area (Å²) in [6.07, 6.45) is 0. The Kier molecular flexibility index (Phi) is 4.47. The summed E-state index contributed by atoms with van der Waals surface area (Å²) in [6.45, 7) is 0. The summed E-state index contributed by atoms with van der Waals surface area (Å²) in [5, 5.41) is 7.97. The van der Waals surface area contributed by atoms with E-state index in [-0.39, 0.29) is 4.88 Å². The first-order valence-electron chi connectivity index (χ1n) is 5.51. The van der Waals surface area contributed by atoms with E-state index in [0.717, 1.165) is 16.0 Å². The zero-order valence-corrected chi connectivity index (χ0v) is 12.8. The summed E-state index contributed by atoms with van der Waals surface area (Å²) in [4.78, 5) is 12.2. The number of thiophene rings is 1. The van der Waals surface area contributed by atoms with Crippen LogP contribution >= 0.6 is 22.9 Å². The number of guanidine groups is 1. The molecule has 0 fully saturated rings. The molecule has 21 heavy (non-hydrogen) atoms. The highest BCUT2D eigenvalue weighted by atomic mass is 35.5. The van der Waals surface area contributed by atoms with Gasteiger partial charge in [-0.2, -0.15) is 8.42 Å². The molecule has 0 radical (unpaired) electrons. The molecule has 4 N–H and O–H groups in total. The molecule has 0 aliphatic carbocycles. The highest BCUT2D eigenvalue weighted by Crippen LogP contribution is 2.31. The number of nitrogens with one attached hydrogen (secondary N) is 2. The molecule has 0 amide bonds. The number of fused-ring (bicyclic) bond motifs is 1. The molecule has 1 aromatic heterocycles. The quantitative estimate of drug-likeness (QED) is 0.326. The maximum Gasteiger partial charge on any atom is 0.295 e. The molecular weight excluding hydrogens is 338 g/mol. The molecule has 0 saturated carbocycles. The fourth-order valence-electron chi connectivity index (χ4n) is 1.53. The van der Waals surface area contributed by atoms with Gasteiger partial charge in [0.05, 0.1) is 4.88 Å². The Morgan fingerprint density at radius 1 is 1.48 bits per heavy atom. The summed E-state index contributed by atoms with van der Waals surface area (Å²) >= 11 is 7.14. The number of carbonyl (C=O) groups is 1. The predicted molar refractivity (Wildman–Crippen MR) is 81.1 cm³/mol. The number of nitrogens with two attached hydrogens (primary N) is 1. The molecule has 0 bridgehead atoms. The van der Waals surface area contributed by atoms with E-state index < -0.39 is 27.6 Å². The lowest BCUT2D eigenvalue weighted by molar-refractivity contribution is 0.102. The highest BCUT2D eigenvalue weighted by Gasteiger charge is 2.21. The van der Waals surface area contributed by atoms with Crippen LogP contribution in [0.5, 0.6) is 0 Å². The van der Waals surface area contributed by atoms with Crippen LogP contribution in [0.25, 0.3) is 10.1 Å². The van der Waals surface area contributed by atoms with Gasteiger partial charge in [0, 0.05) is 15.1 Å². The Balaban J connectivity index is 2.19. The fraction of sp³-hybridized carbons (Fsp3) is 0.0909. The van der Waals surface area contributed by atoms with Gasteiger partial charge in [0.25, 0.3) is 10.1 Å². The third kappa shape index (κ3) is 3.91. The van der Waals surface area contributed by atoms with Gasteiger partial charge in [-0.25, -0.2) is 5.48 Å². The van der Waals surface area contributed by atoms with Crippen LogP contribution in [0.15, 0.2) is 24.3 Å². The summed E-state index contributed by atoms with van der Waals surface area (Å²) < 4.78 is 28.0. The summed E-state index contributed by atoms with van der Waals surface area (Å²) in [5.41, 5.74) is 6.58. The van der Waals surface area contributed by atoms with Gasteiger partial charge in [-0.3, -0.25) is 10.2 Å². The highest BCUT2D eigenvalue weighted by molar-refractivity contribution is 7.87. The van der Waals surface area contributed by atoms with Crippen molar-refractivity contribution < 1.29 is 17.5 Å². The van der Waals surface area contributed by atoms with Crippen LogP contribution in [0.1, 0.15) is 9.67 Å². The molecule has 0 aliphatic rings. The lowest BCUT2D eigenvalue weighted by Crippen LogP contribution is -2.34. The van der Waals surface area contributed by atoms with Gasteiger partial charge in [0.2, 0.25) is 5.96 Å². The Bertz CT molecular complexity index is 816. The van der Waals surface area contributed by atoms with E-state index in [1.54, 1.807) is 29.7 Å². The molecule has 10 heteroatoms. The molecule has 7 nitrogen and oxygen atoms in total. The molecule has 2 rings (SSSR count). The van der Waals surface area contributed by atoms with Gasteiger partial charge in [-0.15, -0.1) is 15.6 Å². The van der Waals surface area contributed by atoms with Crippen molar-refractivity contribution >= 4 is 54.9 Å². The van der Waals surface area contributed by atoms with Crippen molar-refractivity contribution in [3.8, 4) is 0 Å². The van der Waals surface area contributed by atoms with E-state index in [0.29, 0.717) is 10.4 Å². The van der Waals surface area contributed by atoms with Gasteiger partial charge in [0.1, 0.15) is 5.75 Å². The Morgan fingerprint density at radius 3 is 2.81 bits per heavy atom. The van der Waals surface area contributed by atoms with Gasteiger partial charge in [-0.1, -0.05) is 17.7 Å². The van der Waals surface area contributed by atoms with Gasteiger partial charge in [0.15, 0.2) is 5.78 Å². The minimum Gasteiger partial charge on any atom is -0.368 e. The molecule has 1 heterocycles. The maximum atomic E-state index is 12.0. The lowest BCUT2D eigenvalue weighted by atomic mass is 10.2. The summed E-state index contributed by atoms with van der Waals surface area (Å²) in [7, 11) is -4.18. The number of halogens is 1. The normalized spacial score (nSPS) is 11.5. The number of carbonyl (C=O) groups excluding carboxylic acids is 1. The Hall–Kier alpha value is -1.68. The lowest BCUT2D eigenvalue weighted by Gasteiger charge is -2.03. The van der Waals surface area contributed by atoms with E-state index in [4.69, 9.17) is 22.7 Å².